The number of rotatable bonds is 4. The van der Waals surface area contributed by atoms with Crippen molar-refractivity contribution in [2.45, 2.75) is 65.1 Å². The van der Waals surface area contributed by atoms with Gasteiger partial charge in [-0.15, -0.1) is 0 Å². The molecule has 0 atom stereocenters. The highest BCUT2D eigenvalue weighted by Gasteiger charge is 2.25. The first-order valence-electron chi connectivity index (χ1n) is 6.84. The summed E-state index contributed by atoms with van der Waals surface area (Å²) in [6, 6.07) is 6.24. The normalized spacial score (nSPS) is 15.9. The van der Waals surface area contributed by atoms with Crippen LogP contribution in [0.1, 0.15) is 53.0 Å². The van der Waals surface area contributed by atoms with Gasteiger partial charge in [-0.1, -0.05) is 26.8 Å². The highest BCUT2D eigenvalue weighted by molar-refractivity contribution is 5.44. The Morgan fingerprint density at radius 3 is 2.33 bits per heavy atom. The van der Waals surface area contributed by atoms with Gasteiger partial charge in [0.05, 0.1) is 12.2 Å². The summed E-state index contributed by atoms with van der Waals surface area (Å²) in [7, 11) is 0. The minimum atomic E-state index is 0.0856. The molecule has 1 aromatic rings. The first-order valence-corrected chi connectivity index (χ1v) is 6.84. The Hall–Kier alpha value is -1.18. The first kappa shape index (κ1) is 13.3. The summed E-state index contributed by atoms with van der Waals surface area (Å²) in [5.41, 5.74) is 1.32. The van der Waals surface area contributed by atoms with Crippen molar-refractivity contribution in [3.05, 3.63) is 23.8 Å². The van der Waals surface area contributed by atoms with Crippen molar-refractivity contribution in [2.75, 3.05) is 0 Å². The zero-order chi connectivity index (χ0) is 13.3. The van der Waals surface area contributed by atoms with E-state index < -0.39 is 0 Å². The van der Waals surface area contributed by atoms with Crippen molar-refractivity contribution >= 4 is 0 Å². The molecule has 0 amide bonds. The standard InChI is InChI=1S/C16H24O2/c1-11(2)17-15-10-13(18-12-6-7-12)8-9-14(15)16(3,4)5/h8-12H,6-7H2,1-5H3. The van der Waals surface area contributed by atoms with E-state index in [1.54, 1.807) is 0 Å². The Bertz CT molecular complexity index is 412. The SMILES string of the molecule is CC(C)Oc1cc(OC2CC2)ccc1C(C)(C)C. The van der Waals surface area contributed by atoms with Crippen LogP contribution in [0.25, 0.3) is 0 Å². The molecule has 18 heavy (non-hydrogen) atoms. The molecule has 0 N–H and O–H groups in total. The van der Waals surface area contributed by atoms with Gasteiger partial charge in [-0.25, -0.2) is 0 Å². The fourth-order valence-electron chi connectivity index (χ4n) is 1.93. The molecule has 2 nitrogen and oxygen atoms in total. The Labute approximate surface area is 110 Å². The lowest BCUT2D eigenvalue weighted by Gasteiger charge is -2.24. The van der Waals surface area contributed by atoms with E-state index in [0.29, 0.717) is 6.10 Å². The van der Waals surface area contributed by atoms with Gasteiger partial charge in [-0.05, 0) is 43.7 Å². The third-order valence-corrected chi connectivity index (χ3v) is 2.95. The minimum Gasteiger partial charge on any atom is -0.491 e. The van der Waals surface area contributed by atoms with Crippen LogP contribution in [-0.2, 0) is 5.41 Å². The van der Waals surface area contributed by atoms with Gasteiger partial charge in [0.1, 0.15) is 11.5 Å². The highest BCUT2D eigenvalue weighted by Crippen LogP contribution is 2.36. The molecule has 1 aliphatic rings. The summed E-state index contributed by atoms with van der Waals surface area (Å²) in [5.74, 6) is 1.89. The zero-order valence-electron chi connectivity index (χ0n) is 12.1. The van der Waals surface area contributed by atoms with E-state index in [-0.39, 0.29) is 11.5 Å². The number of ether oxygens (including phenoxy) is 2. The molecule has 1 aliphatic carbocycles. The van der Waals surface area contributed by atoms with Crippen molar-refractivity contribution in [3.8, 4) is 11.5 Å². The van der Waals surface area contributed by atoms with Gasteiger partial charge in [0.2, 0.25) is 0 Å². The van der Waals surface area contributed by atoms with Gasteiger partial charge < -0.3 is 9.47 Å². The third kappa shape index (κ3) is 3.41. The molecule has 0 saturated heterocycles. The molecule has 1 saturated carbocycles. The van der Waals surface area contributed by atoms with Crippen LogP contribution in [0, 0.1) is 0 Å². The Morgan fingerprint density at radius 2 is 1.83 bits per heavy atom. The summed E-state index contributed by atoms with van der Waals surface area (Å²) >= 11 is 0. The van der Waals surface area contributed by atoms with Crippen molar-refractivity contribution < 1.29 is 9.47 Å². The van der Waals surface area contributed by atoms with Crippen LogP contribution in [0.5, 0.6) is 11.5 Å². The highest BCUT2D eigenvalue weighted by atomic mass is 16.5. The monoisotopic (exact) mass is 248 g/mol. The number of hydrogen-bond acceptors (Lipinski definition) is 2. The Morgan fingerprint density at radius 1 is 1.17 bits per heavy atom. The minimum absolute atomic E-state index is 0.0856. The second-order valence-corrected chi connectivity index (χ2v) is 6.39. The van der Waals surface area contributed by atoms with E-state index >= 15 is 0 Å². The summed E-state index contributed by atoms with van der Waals surface area (Å²) < 4.78 is 11.8. The smallest absolute Gasteiger partial charge is 0.127 e. The quantitative estimate of drug-likeness (QED) is 0.790. The van der Waals surface area contributed by atoms with E-state index in [1.165, 1.54) is 18.4 Å². The van der Waals surface area contributed by atoms with E-state index in [1.807, 2.05) is 6.07 Å². The van der Waals surface area contributed by atoms with Crippen LogP contribution in [0.4, 0.5) is 0 Å². The number of hydrogen-bond donors (Lipinski definition) is 0. The summed E-state index contributed by atoms with van der Waals surface area (Å²) in [6.45, 7) is 10.7. The van der Waals surface area contributed by atoms with Gasteiger partial charge in [-0.2, -0.15) is 0 Å². The molecule has 0 heterocycles. The van der Waals surface area contributed by atoms with Crippen molar-refractivity contribution in [1.29, 1.82) is 0 Å². The molecule has 2 heteroatoms. The molecular weight excluding hydrogens is 224 g/mol. The fourth-order valence-corrected chi connectivity index (χ4v) is 1.93. The first-order chi connectivity index (χ1) is 8.36. The van der Waals surface area contributed by atoms with Gasteiger partial charge in [0.15, 0.2) is 0 Å². The molecule has 1 fully saturated rings. The van der Waals surface area contributed by atoms with E-state index in [2.05, 4.69) is 46.8 Å². The Balaban J connectivity index is 2.27. The molecule has 0 radical (unpaired) electrons. The lowest BCUT2D eigenvalue weighted by Crippen LogP contribution is -2.16. The average Bonchev–Trinajstić information content (AvgIpc) is 2.98. The second-order valence-electron chi connectivity index (χ2n) is 6.39. The topological polar surface area (TPSA) is 18.5 Å². The zero-order valence-corrected chi connectivity index (χ0v) is 12.1. The summed E-state index contributed by atoms with van der Waals surface area (Å²) in [6.07, 6.45) is 2.97. The molecule has 0 unspecified atom stereocenters. The predicted octanol–water partition coefficient (Wildman–Crippen LogP) is 4.31. The van der Waals surface area contributed by atoms with Gasteiger partial charge in [-0.3, -0.25) is 0 Å². The molecule has 1 aromatic carbocycles. The van der Waals surface area contributed by atoms with E-state index in [9.17, 15) is 0 Å². The molecule has 0 bridgehead atoms. The van der Waals surface area contributed by atoms with Gasteiger partial charge in [0, 0.05) is 6.07 Å². The van der Waals surface area contributed by atoms with E-state index in [4.69, 9.17) is 9.47 Å². The van der Waals surface area contributed by atoms with Crippen molar-refractivity contribution in [3.63, 3.8) is 0 Å². The average molecular weight is 248 g/mol. The maximum Gasteiger partial charge on any atom is 0.127 e. The van der Waals surface area contributed by atoms with Crippen molar-refractivity contribution in [1.82, 2.24) is 0 Å². The third-order valence-electron chi connectivity index (χ3n) is 2.95. The molecule has 0 spiro atoms. The van der Waals surface area contributed by atoms with Crippen LogP contribution >= 0.6 is 0 Å². The lowest BCUT2D eigenvalue weighted by molar-refractivity contribution is 0.233. The second kappa shape index (κ2) is 4.83. The maximum absolute atomic E-state index is 5.93. The van der Waals surface area contributed by atoms with Crippen LogP contribution in [-0.4, -0.2) is 12.2 Å². The summed E-state index contributed by atoms with van der Waals surface area (Å²) in [5, 5.41) is 0. The van der Waals surface area contributed by atoms with Crippen LogP contribution in [0.15, 0.2) is 18.2 Å². The maximum atomic E-state index is 5.93. The van der Waals surface area contributed by atoms with Gasteiger partial charge in [0.25, 0.3) is 0 Å². The molecule has 0 aromatic heterocycles. The predicted molar refractivity (Wildman–Crippen MR) is 74.6 cm³/mol. The summed E-state index contributed by atoms with van der Waals surface area (Å²) in [4.78, 5) is 0. The van der Waals surface area contributed by atoms with Crippen LogP contribution < -0.4 is 9.47 Å². The Kier molecular flexibility index (Phi) is 3.56. The number of benzene rings is 1. The lowest BCUT2D eigenvalue weighted by atomic mass is 9.86. The largest absolute Gasteiger partial charge is 0.491 e. The van der Waals surface area contributed by atoms with Crippen molar-refractivity contribution in [2.24, 2.45) is 0 Å². The van der Waals surface area contributed by atoms with E-state index in [0.717, 1.165) is 11.5 Å². The molecule has 2 rings (SSSR count). The van der Waals surface area contributed by atoms with Crippen LogP contribution in [0.3, 0.4) is 0 Å². The van der Waals surface area contributed by atoms with Gasteiger partial charge >= 0.3 is 0 Å². The molecule has 100 valence electrons. The van der Waals surface area contributed by atoms with Crippen LogP contribution in [0.2, 0.25) is 0 Å². The molecule has 0 aliphatic heterocycles. The molecular formula is C16H24O2. The fraction of sp³-hybridized carbons (Fsp3) is 0.625.